The van der Waals surface area contributed by atoms with Crippen LogP contribution in [0.3, 0.4) is 0 Å². The van der Waals surface area contributed by atoms with Crippen molar-refractivity contribution in [3.63, 3.8) is 0 Å². The molecule has 0 unspecified atom stereocenters. The van der Waals surface area contributed by atoms with Crippen LogP contribution >= 0.6 is 11.3 Å². The summed E-state index contributed by atoms with van der Waals surface area (Å²) in [5, 5.41) is 4.28. The zero-order valence-electron chi connectivity index (χ0n) is 8.10. The molecule has 0 saturated carbocycles. The number of benzene rings is 1. The van der Waals surface area contributed by atoms with Gasteiger partial charge in [-0.15, -0.1) is 11.3 Å². The molecule has 3 heteroatoms. The highest BCUT2D eigenvalue weighted by Gasteiger charge is 2.07. The highest BCUT2D eigenvalue weighted by molar-refractivity contribution is 7.19. The van der Waals surface area contributed by atoms with E-state index < -0.39 is 0 Å². The van der Waals surface area contributed by atoms with Gasteiger partial charge in [0, 0.05) is 18.3 Å². The normalized spacial score (nSPS) is 15.1. The van der Waals surface area contributed by atoms with Gasteiger partial charge in [0.15, 0.2) is 0 Å². The minimum absolute atomic E-state index is 0.911. The number of rotatable bonds is 1. The molecule has 3 rings (SSSR count). The van der Waals surface area contributed by atoms with E-state index in [1.165, 1.54) is 10.3 Å². The second-order valence-corrected chi connectivity index (χ2v) is 4.43. The van der Waals surface area contributed by atoms with Gasteiger partial charge in [-0.25, -0.2) is 4.98 Å². The highest BCUT2D eigenvalue weighted by atomic mass is 32.1. The molecule has 1 N–H and O–H groups in total. The van der Waals surface area contributed by atoms with Gasteiger partial charge in [-0.2, -0.15) is 0 Å². The minimum Gasteiger partial charge on any atom is -0.387 e. The van der Waals surface area contributed by atoms with Crippen LogP contribution < -0.4 is 5.32 Å². The number of dihydropyridines is 1. The van der Waals surface area contributed by atoms with Crippen LogP contribution in [-0.2, 0) is 0 Å². The Morgan fingerprint density at radius 2 is 2.20 bits per heavy atom. The molecular formula is C12H10N2S. The van der Waals surface area contributed by atoms with E-state index in [2.05, 4.69) is 34.6 Å². The molecule has 0 bridgehead atoms. The van der Waals surface area contributed by atoms with Crippen LogP contribution in [-0.4, -0.2) is 11.5 Å². The Morgan fingerprint density at radius 1 is 1.27 bits per heavy atom. The molecule has 1 aliphatic heterocycles. The van der Waals surface area contributed by atoms with Crippen LogP contribution in [0.15, 0.2) is 42.6 Å². The summed E-state index contributed by atoms with van der Waals surface area (Å²) in [6.45, 7) is 0.911. The van der Waals surface area contributed by atoms with E-state index >= 15 is 0 Å². The van der Waals surface area contributed by atoms with E-state index in [0.717, 1.165) is 17.1 Å². The van der Waals surface area contributed by atoms with Crippen molar-refractivity contribution in [3.05, 3.63) is 47.6 Å². The van der Waals surface area contributed by atoms with Gasteiger partial charge >= 0.3 is 0 Å². The standard InChI is InChI=1S/C12H10N2S/c1-2-6-11-10(5-1)14-12(15-11)9-4-3-7-13-8-9/h1-6,8,13H,7H2. The molecule has 2 heterocycles. The molecule has 0 spiro atoms. The van der Waals surface area contributed by atoms with E-state index in [-0.39, 0.29) is 0 Å². The van der Waals surface area contributed by atoms with Crippen LogP contribution in [0.5, 0.6) is 0 Å². The molecule has 2 aromatic rings. The smallest absolute Gasteiger partial charge is 0.126 e. The maximum atomic E-state index is 4.60. The predicted octanol–water partition coefficient (Wildman–Crippen LogP) is 2.80. The first-order chi connectivity index (χ1) is 7.43. The summed E-state index contributed by atoms with van der Waals surface area (Å²) >= 11 is 1.73. The average Bonchev–Trinajstić information content (AvgIpc) is 2.74. The number of aromatic nitrogens is 1. The summed E-state index contributed by atoms with van der Waals surface area (Å²) in [5.74, 6) is 0. The van der Waals surface area contributed by atoms with Crippen LogP contribution in [0, 0.1) is 0 Å². The first kappa shape index (κ1) is 8.68. The van der Waals surface area contributed by atoms with Crippen LogP contribution in [0.4, 0.5) is 0 Å². The topological polar surface area (TPSA) is 24.9 Å². The molecule has 15 heavy (non-hydrogen) atoms. The third-order valence-electron chi connectivity index (χ3n) is 2.33. The van der Waals surface area contributed by atoms with Gasteiger partial charge in [0.25, 0.3) is 0 Å². The Kier molecular flexibility index (Phi) is 2.03. The fourth-order valence-corrected chi connectivity index (χ4v) is 2.56. The van der Waals surface area contributed by atoms with Crippen LogP contribution in [0.2, 0.25) is 0 Å². The lowest BCUT2D eigenvalue weighted by molar-refractivity contribution is 0.976. The number of allylic oxidation sites excluding steroid dienone is 2. The summed E-state index contributed by atoms with van der Waals surface area (Å²) in [7, 11) is 0. The molecule has 1 aromatic carbocycles. The summed E-state index contributed by atoms with van der Waals surface area (Å²) < 4.78 is 1.24. The summed E-state index contributed by atoms with van der Waals surface area (Å²) in [5.41, 5.74) is 2.25. The molecule has 0 saturated heterocycles. The molecule has 0 atom stereocenters. The Hall–Kier alpha value is -1.61. The molecule has 1 aromatic heterocycles. The molecule has 0 radical (unpaired) electrons. The molecule has 0 amide bonds. The fourth-order valence-electron chi connectivity index (χ4n) is 1.60. The molecule has 1 aliphatic rings. The monoisotopic (exact) mass is 214 g/mol. The number of thiazole rings is 1. The van der Waals surface area contributed by atoms with Gasteiger partial charge in [-0.05, 0) is 12.1 Å². The first-order valence-electron chi connectivity index (χ1n) is 4.89. The SMILES string of the molecule is C1=CC(c2nc3ccccc3s2)=CNC1. The van der Waals surface area contributed by atoms with Crippen molar-refractivity contribution in [3.8, 4) is 0 Å². The van der Waals surface area contributed by atoms with Crippen LogP contribution in [0.25, 0.3) is 15.8 Å². The van der Waals surface area contributed by atoms with Gasteiger partial charge in [0.1, 0.15) is 5.01 Å². The quantitative estimate of drug-likeness (QED) is 0.789. The van der Waals surface area contributed by atoms with Crippen LogP contribution in [0.1, 0.15) is 5.01 Å². The average molecular weight is 214 g/mol. The largest absolute Gasteiger partial charge is 0.387 e. The maximum absolute atomic E-state index is 4.60. The number of nitrogens with one attached hydrogen (secondary N) is 1. The van der Waals surface area contributed by atoms with Gasteiger partial charge in [-0.1, -0.05) is 24.3 Å². The summed E-state index contributed by atoms with van der Waals surface area (Å²) in [6, 6.07) is 8.23. The van der Waals surface area contributed by atoms with Crippen molar-refractivity contribution < 1.29 is 0 Å². The van der Waals surface area contributed by atoms with Crippen molar-refractivity contribution in [1.82, 2.24) is 10.3 Å². The van der Waals surface area contributed by atoms with Crippen molar-refractivity contribution in [2.75, 3.05) is 6.54 Å². The number of nitrogens with zero attached hydrogens (tertiary/aromatic N) is 1. The van der Waals surface area contributed by atoms with E-state index in [4.69, 9.17) is 0 Å². The van der Waals surface area contributed by atoms with Gasteiger partial charge in [0.05, 0.1) is 10.2 Å². The third kappa shape index (κ3) is 1.55. The lowest BCUT2D eigenvalue weighted by atomic mass is 10.2. The maximum Gasteiger partial charge on any atom is 0.126 e. The van der Waals surface area contributed by atoms with Crippen molar-refractivity contribution in [1.29, 1.82) is 0 Å². The van der Waals surface area contributed by atoms with E-state index in [0.29, 0.717) is 0 Å². The molecule has 0 aliphatic carbocycles. The number of para-hydroxylation sites is 1. The highest BCUT2D eigenvalue weighted by Crippen LogP contribution is 2.27. The predicted molar refractivity (Wildman–Crippen MR) is 64.7 cm³/mol. The Labute approximate surface area is 92.0 Å². The minimum atomic E-state index is 0.911. The fraction of sp³-hybridized carbons (Fsp3) is 0.0833. The Bertz CT molecular complexity index is 519. The first-order valence-corrected chi connectivity index (χ1v) is 5.71. The summed E-state index contributed by atoms with van der Waals surface area (Å²) in [4.78, 5) is 4.60. The van der Waals surface area contributed by atoms with Crippen molar-refractivity contribution >= 4 is 27.1 Å². The summed E-state index contributed by atoms with van der Waals surface area (Å²) in [6.07, 6.45) is 6.26. The third-order valence-corrected chi connectivity index (χ3v) is 3.42. The molecule has 0 fully saturated rings. The molecular weight excluding hydrogens is 204 g/mol. The number of hydrogen-bond acceptors (Lipinski definition) is 3. The van der Waals surface area contributed by atoms with E-state index in [1.54, 1.807) is 11.3 Å². The zero-order chi connectivity index (χ0) is 10.1. The second kappa shape index (κ2) is 3.51. The lowest BCUT2D eigenvalue weighted by Crippen LogP contribution is -2.08. The van der Waals surface area contributed by atoms with E-state index in [9.17, 15) is 0 Å². The van der Waals surface area contributed by atoms with Crippen molar-refractivity contribution in [2.45, 2.75) is 0 Å². The lowest BCUT2D eigenvalue weighted by Gasteiger charge is -2.04. The van der Waals surface area contributed by atoms with Gasteiger partial charge in [0.2, 0.25) is 0 Å². The molecule has 2 nitrogen and oxygen atoms in total. The number of fused-ring (bicyclic) bond motifs is 1. The Balaban J connectivity index is 2.11. The van der Waals surface area contributed by atoms with Gasteiger partial charge in [-0.3, -0.25) is 0 Å². The van der Waals surface area contributed by atoms with E-state index in [1.807, 2.05) is 18.3 Å². The van der Waals surface area contributed by atoms with Crippen molar-refractivity contribution in [2.24, 2.45) is 0 Å². The second-order valence-electron chi connectivity index (χ2n) is 3.40. The van der Waals surface area contributed by atoms with Gasteiger partial charge < -0.3 is 5.32 Å². The zero-order valence-corrected chi connectivity index (χ0v) is 8.92. The Morgan fingerprint density at radius 3 is 3.00 bits per heavy atom. The number of hydrogen-bond donors (Lipinski definition) is 1. The molecule has 74 valence electrons.